The van der Waals surface area contributed by atoms with Crippen molar-refractivity contribution >= 4 is 27.3 Å². The van der Waals surface area contributed by atoms with Gasteiger partial charge in [0.2, 0.25) is 10.0 Å². The van der Waals surface area contributed by atoms with Gasteiger partial charge in [0.15, 0.2) is 0 Å². The van der Waals surface area contributed by atoms with Crippen molar-refractivity contribution in [2.75, 3.05) is 13.1 Å². The molecule has 1 saturated carbocycles. The van der Waals surface area contributed by atoms with Gasteiger partial charge in [0.1, 0.15) is 0 Å². The number of amides is 1. The van der Waals surface area contributed by atoms with Gasteiger partial charge in [0.25, 0.3) is 5.91 Å². The molecule has 2 atom stereocenters. The van der Waals surface area contributed by atoms with Gasteiger partial charge in [-0.25, -0.2) is 8.42 Å². The maximum atomic E-state index is 12.5. The number of hydrogen-bond acceptors (Lipinski definition) is 4. The maximum Gasteiger partial charge on any atom is 0.255 e. The van der Waals surface area contributed by atoms with Crippen LogP contribution >= 0.6 is 11.3 Å². The van der Waals surface area contributed by atoms with E-state index in [1.807, 2.05) is 21.7 Å². The van der Waals surface area contributed by atoms with E-state index in [1.54, 1.807) is 4.31 Å². The molecule has 3 heterocycles. The summed E-state index contributed by atoms with van der Waals surface area (Å²) in [5.41, 5.74) is 0.726. The van der Waals surface area contributed by atoms with Crippen molar-refractivity contribution in [3.8, 4) is 0 Å². The Morgan fingerprint density at radius 3 is 2.57 bits per heavy atom. The maximum absolute atomic E-state index is 12.5. The molecule has 4 rings (SSSR count). The van der Waals surface area contributed by atoms with E-state index in [-0.39, 0.29) is 23.2 Å². The number of nitrogens with zero attached hydrogens (tertiary/aromatic N) is 2. The molecule has 0 radical (unpaired) electrons. The Morgan fingerprint density at radius 1 is 1.14 bits per heavy atom. The van der Waals surface area contributed by atoms with Gasteiger partial charge in [0, 0.05) is 30.6 Å². The Balaban J connectivity index is 1.55. The van der Waals surface area contributed by atoms with E-state index in [0.29, 0.717) is 13.1 Å². The molecule has 2 aliphatic heterocycles. The molecule has 0 N–H and O–H groups in total. The second-order valence-electron chi connectivity index (χ2n) is 6.08. The SMILES string of the molecule is O=C(c1ccsc1)N1CC[C@H]2[C@H]1CCN2S(=O)(=O)C1CC1. The van der Waals surface area contributed by atoms with E-state index in [4.69, 9.17) is 0 Å². The van der Waals surface area contributed by atoms with Gasteiger partial charge < -0.3 is 4.90 Å². The molecule has 0 aromatic carbocycles. The largest absolute Gasteiger partial charge is 0.334 e. The summed E-state index contributed by atoms with van der Waals surface area (Å²) in [5, 5.41) is 3.61. The lowest BCUT2D eigenvalue weighted by molar-refractivity contribution is 0.0735. The van der Waals surface area contributed by atoms with Crippen LogP contribution in [0.3, 0.4) is 0 Å². The van der Waals surface area contributed by atoms with Crippen molar-refractivity contribution in [2.45, 2.75) is 43.0 Å². The van der Waals surface area contributed by atoms with Crippen LogP contribution < -0.4 is 0 Å². The van der Waals surface area contributed by atoms with Crippen LogP contribution in [0.5, 0.6) is 0 Å². The Kier molecular flexibility index (Phi) is 3.13. The molecule has 21 heavy (non-hydrogen) atoms. The Morgan fingerprint density at radius 2 is 1.90 bits per heavy atom. The molecule has 2 saturated heterocycles. The summed E-state index contributed by atoms with van der Waals surface area (Å²) in [4.78, 5) is 14.4. The fraction of sp³-hybridized carbons (Fsp3) is 0.643. The van der Waals surface area contributed by atoms with Crippen LogP contribution in [0.4, 0.5) is 0 Å². The lowest BCUT2D eigenvalue weighted by atomic mass is 10.1. The molecule has 1 aromatic rings. The summed E-state index contributed by atoms with van der Waals surface area (Å²) in [6.07, 6.45) is 3.14. The number of rotatable bonds is 3. The van der Waals surface area contributed by atoms with Gasteiger partial charge in [-0.15, -0.1) is 0 Å². The Hall–Kier alpha value is -0.920. The van der Waals surface area contributed by atoms with E-state index in [1.165, 1.54) is 11.3 Å². The third kappa shape index (κ3) is 2.13. The predicted molar refractivity (Wildman–Crippen MR) is 80.8 cm³/mol. The molecule has 1 aromatic heterocycles. The fourth-order valence-electron chi connectivity index (χ4n) is 3.62. The number of thiophene rings is 1. The highest BCUT2D eigenvalue weighted by molar-refractivity contribution is 7.90. The highest BCUT2D eigenvalue weighted by Crippen LogP contribution is 2.39. The van der Waals surface area contributed by atoms with Crippen molar-refractivity contribution in [3.63, 3.8) is 0 Å². The lowest BCUT2D eigenvalue weighted by Gasteiger charge is -2.25. The monoisotopic (exact) mass is 326 g/mol. The summed E-state index contributed by atoms with van der Waals surface area (Å²) in [5.74, 6) is 0.0504. The number of sulfonamides is 1. The zero-order valence-electron chi connectivity index (χ0n) is 11.6. The third-order valence-corrected chi connectivity index (χ3v) is 7.93. The highest BCUT2D eigenvalue weighted by Gasteiger charge is 2.52. The molecule has 7 heteroatoms. The van der Waals surface area contributed by atoms with Crippen LogP contribution in [0.15, 0.2) is 16.8 Å². The van der Waals surface area contributed by atoms with Crippen LogP contribution in [0.2, 0.25) is 0 Å². The topological polar surface area (TPSA) is 57.7 Å². The van der Waals surface area contributed by atoms with E-state index in [2.05, 4.69) is 0 Å². The van der Waals surface area contributed by atoms with Crippen LogP contribution in [0.1, 0.15) is 36.0 Å². The summed E-state index contributed by atoms with van der Waals surface area (Å²) < 4.78 is 26.6. The third-order valence-electron chi connectivity index (χ3n) is 4.83. The molecular formula is C14H18N2O3S2. The molecule has 1 aliphatic carbocycles. The molecule has 0 unspecified atom stereocenters. The number of hydrogen-bond donors (Lipinski definition) is 0. The minimum Gasteiger partial charge on any atom is -0.334 e. The van der Waals surface area contributed by atoms with E-state index in [9.17, 15) is 13.2 Å². The first kappa shape index (κ1) is 13.7. The number of fused-ring (bicyclic) bond motifs is 1. The van der Waals surface area contributed by atoms with E-state index in [0.717, 1.165) is 31.2 Å². The van der Waals surface area contributed by atoms with Gasteiger partial charge in [-0.05, 0) is 37.1 Å². The standard InChI is InChI=1S/C14H18N2O3S2/c17-14(10-5-8-20-9-10)15-6-3-13-12(15)4-7-16(13)21(18,19)11-1-2-11/h5,8-9,11-13H,1-4,6-7H2/t12-,13+/m1/s1. The van der Waals surface area contributed by atoms with Gasteiger partial charge >= 0.3 is 0 Å². The quantitative estimate of drug-likeness (QED) is 0.846. The normalized spacial score (nSPS) is 29.8. The first-order chi connectivity index (χ1) is 10.1. The molecule has 0 spiro atoms. The first-order valence-corrected chi connectivity index (χ1v) is 9.87. The minimum absolute atomic E-state index is 0.00168. The highest BCUT2D eigenvalue weighted by atomic mass is 32.2. The molecular weight excluding hydrogens is 308 g/mol. The first-order valence-electron chi connectivity index (χ1n) is 7.43. The number of carbonyl (C=O) groups is 1. The van der Waals surface area contributed by atoms with Crippen molar-refractivity contribution < 1.29 is 13.2 Å². The van der Waals surface area contributed by atoms with Crippen LogP contribution in [0.25, 0.3) is 0 Å². The molecule has 0 bridgehead atoms. The zero-order valence-corrected chi connectivity index (χ0v) is 13.3. The van der Waals surface area contributed by atoms with Crippen molar-refractivity contribution in [1.82, 2.24) is 9.21 Å². The summed E-state index contributed by atoms with van der Waals surface area (Å²) in [7, 11) is -3.13. The number of likely N-dealkylation sites (tertiary alicyclic amines) is 1. The molecule has 3 fully saturated rings. The average Bonchev–Trinajstić information content (AvgIpc) is 2.91. The second-order valence-corrected chi connectivity index (χ2v) is 9.02. The molecule has 3 aliphatic rings. The van der Waals surface area contributed by atoms with Crippen LogP contribution in [-0.2, 0) is 10.0 Å². The molecule has 1 amide bonds. The van der Waals surface area contributed by atoms with E-state index >= 15 is 0 Å². The second kappa shape index (κ2) is 4.79. The Labute approximate surface area is 128 Å². The average molecular weight is 326 g/mol. The van der Waals surface area contributed by atoms with Crippen LogP contribution in [-0.4, -0.2) is 54.0 Å². The van der Waals surface area contributed by atoms with E-state index < -0.39 is 10.0 Å². The zero-order chi connectivity index (χ0) is 14.6. The minimum atomic E-state index is -3.13. The van der Waals surface area contributed by atoms with Gasteiger partial charge in [-0.3, -0.25) is 4.79 Å². The molecule has 114 valence electrons. The van der Waals surface area contributed by atoms with Crippen molar-refractivity contribution in [2.24, 2.45) is 0 Å². The number of carbonyl (C=O) groups excluding carboxylic acids is 1. The van der Waals surface area contributed by atoms with Gasteiger partial charge in [0.05, 0.1) is 10.8 Å². The molecule has 5 nitrogen and oxygen atoms in total. The van der Waals surface area contributed by atoms with Crippen molar-refractivity contribution in [1.29, 1.82) is 0 Å². The summed E-state index contributed by atoms with van der Waals surface area (Å²) >= 11 is 1.52. The summed E-state index contributed by atoms with van der Waals surface area (Å²) in [6.45, 7) is 1.24. The fourth-order valence-corrected chi connectivity index (χ4v) is 6.35. The summed E-state index contributed by atoms with van der Waals surface area (Å²) in [6, 6.07) is 1.90. The van der Waals surface area contributed by atoms with Gasteiger partial charge in [-0.1, -0.05) is 0 Å². The van der Waals surface area contributed by atoms with Crippen molar-refractivity contribution in [3.05, 3.63) is 22.4 Å². The smallest absolute Gasteiger partial charge is 0.255 e. The predicted octanol–water partition coefficient (Wildman–Crippen LogP) is 1.53. The van der Waals surface area contributed by atoms with Crippen LogP contribution in [0, 0.1) is 0 Å². The van der Waals surface area contributed by atoms with Gasteiger partial charge in [-0.2, -0.15) is 15.6 Å². The Bertz CT molecular complexity index is 652. The lowest BCUT2D eigenvalue weighted by Crippen LogP contribution is -2.42.